The second-order valence-electron chi connectivity index (χ2n) is 12.9. The molecule has 3 heterocycles. The Morgan fingerprint density at radius 3 is 2.37 bits per heavy atom. The summed E-state index contributed by atoms with van der Waals surface area (Å²) in [6.07, 6.45) is 5.10. The lowest BCUT2D eigenvalue weighted by molar-refractivity contribution is -0.152. The minimum Gasteiger partial charge on any atom is -0.394 e. The maximum absolute atomic E-state index is 15.1. The number of aliphatic hydroxyl groups is 1. The molecule has 3 aliphatic heterocycles. The quantitative estimate of drug-likeness (QED) is 0.278. The first kappa shape index (κ1) is 31.7. The molecule has 1 spiro atoms. The lowest BCUT2D eigenvalue weighted by atomic mass is 9.66. The van der Waals surface area contributed by atoms with E-state index >= 15 is 4.79 Å². The Hall–Kier alpha value is -4.27. The number of rotatable bonds is 12. The van der Waals surface area contributed by atoms with Crippen LogP contribution in [0.1, 0.15) is 44.7 Å². The molecule has 2 bridgehead atoms. The van der Waals surface area contributed by atoms with E-state index in [2.05, 4.69) is 13.2 Å². The number of ether oxygens (including phenoxy) is 1. The Balaban J connectivity index is 1.50. The molecule has 6 rings (SSSR count). The number of amides is 3. The summed E-state index contributed by atoms with van der Waals surface area (Å²) in [5, 5.41) is 12.9. The van der Waals surface area contributed by atoms with Crippen LogP contribution >= 0.6 is 0 Å². The third-order valence-electron chi connectivity index (χ3n) is 10.2. The lowest BCUT2D eigenvalue weighted by Gasteiger charge is -2.39. The molecule has 6 atom stereocenters. The summed E-state index contributed by atoms with van der Waals surface area (Å²) in [6.45, 7) is 12.4. The molecule has 3 amide bonds. The molecule has 3 aromatic carbocycles. The Kier molecular flexibility index (Phi) is 8.61. The van der Waals surface area contributed by atoms with E-state index < -0.39 is 41.7 Å². The SMILES string of the molecule is C=CCN(CCC)C(=O)[C@@H]1[C@H]2C(=O)N([C@H](CO)c3ccccc3)C(C(=O)N(CC=C)c3ccc4ccccc4c3)C23CC[C@@]1(C)O3. The van der Waals surface area contributed by atoms with Crippen LogP contribution in [0.4, 0.5) is 5.69 Å². The van der Waals surface area contributed by atoms with E-state index in [1.165, 1.54) is 4.90 Å². The van der Waals surface area contributed by atoms with Gasteiger partial charge in [0.05, 0.1) is 30.1 Å². The number of nitrogens with zero attached hydrogens (tertiary/aromatic N) is 3. The smallest absolute Gasteiger partial charge is 0.253 e. The van der Waals surface area contributed by atoms with Crippen LogP contribution in [0.15, 0.2) is 98.1 Å². The third kappa shape index (κ3) is 4.95. The number of aliphatic hydroxyl groups excluding tert-OH is 1. The van der Waals surface area contributed by atoms with Crippen molar-refractivity contribution in [3.8, 4) is 0 Å². The normalized spacial score (nSPS) is 27.0. The van der Waals surface area contributed by atoms with Gasteiger partial charge in [0.1, 0.15) is 11.6 Å². The molecular formula is C38H43N3O5. The van der Waals surface area contributed by atoms with Crippen LogP contribution in [0.5, 0.6) is 0 Å². The van der Waals surface area contributed by atoms with E-state index in [-0.39, 0.29) is 24.3 Å². The first-order chi connectivity index (χ1) is 22.2. The average molecular weight is 622 g/mol. The number of carbonyl (C=O) groups excluding carboxylic acids is 3. The zero-order valence-corrected chi connectivity index (χ0v) is 26.7. The van der Waals surface area contributed by atoms with Crippen LogP contribution in [0.2, 0.25) is 0 Å². The molecule has 3 aliphatic rings. The fraction of sp³-hybridized carbons (Fsp3) is 0.395. The molecule has 240 valence electrons. The van der Waals surface area contributed by atoms with Crippen molar-refractivity contribution in [2.45, 2.75) is 56.4 Å². The minimum atomic E-state index is -1.24. The van der Waals surface area contributed by atoms with E-state index in [4.69, 9.17) is 4.74 Å². The molecule has 8 heteroatoms. The van der Waals surface area contributed by atoms with E-state index in [0.29, 0.717) is 37.2 Å². The number of carbonyl (C=O) groups is 3. The fourth-order valence-corrected chi connectivity index (χ4v) is 8.24. The average Bonchev–Trinajstić information content (AvgIpc) is 3.64. The van der Waals surface area contributed by atoms with Crippen LogP contribution < -0.4 is 4.90 Å². The summed E-state index contributed by atoms with van der Waals surface area (Å²) in [7, 11) is 0. The Morgan fingerprint density at radius 1 is 1.00 bits per heavy atom. The molecule has 0 saturated carbocycles. The van der Waals surface area contributed by atoms with Crippen LogP contribution in [0, 0.1) is 11.8 Å². The first-order valence-corrected chi connectivity index (χ1v) is 16.2. The summed E-state index contributed by atoms with van der Waals surface area (Å²) in [5.74, 6) is -2.47. The van der Waals surface area contributed by atoms with Crippen LogP contribution in [-0.2, 0) is 19.1 Å². The highest BCUT2D eigenvalue weighted by atomic mass is 16.5. The van der Waals surface area contributed by atoms with Gasteiger partial charge in [0, 0.05) is 25.3 Å². The van der Waals surface area contributed by atoms with Crippen molar-refractivity contribution in [3.63, 3.8) is 0 Å². The minimum absolute atomic E-state index is 0.157. The number of hydrogen-bond donors (Lipinski definition) is 1. The number of anilines is 1. The highest BCUT2D eigenvalue weighted by Crippen LogP contribution is 2.64. The molecule has 8 nitrogen and oxygen atoms in total. The van der Waals surface area contributed by atoms with Gasteiger partial charge < -0.3 is 24.5 Å². The van der Waals surface area contributed by atoms with E-state index in [9.17, 15) is 14.7 Å². The topological polar surface area (TPSA) is 90.4 Å². The molecule has 2 unspecified atom stereocenters. The fourth-order valence-electron chi connectivity index (χ4n) is 8.24. The van der Waals surface area contributed by atoms with Crippen molar-refractivity contribution >= 4 is 34.2 Å². The largest absolute Gasteiger partial charge is 0.394 e. The Morgan fingerprint density at radius 2 is 1.70 bits per heavy atom. The maximum Gasteiger partial charge on any atom is 0.253 e. The zero-order chi connectivity index (χ0) is 32.6. The van der Waals surface area contributed by atoms with Gasteiger partial charge in [0.2, 0.25) is 11.8 Å². The van der Waals surface area contributed by atoms with Gasteiger partial charge in [0.25, 0.3) is 5.91 Å². The van der Waals surface area contributed by atoms with Crippen LogP contribution in [-0.4, -0.2) is 76.1 Å². The zero-order valence-electron chi connectivity index (χ0n) is 26.7. The second kappa shape index (κ2) is 12.5. The molecule has 0 aliphatic carbocycles. The number of benzene rings is 3. The second-order valence-corrected chi connectivity index (χ2v) is 12.9. The summed E-state index contributed by atoms with van der Waals surface area (Å²) < 4.78 is 6.92. The standard InChI is InChI=1S/C38H43N3O5/c1-5-21-39(22-6-2)34(43)31-32-35(44)41(30(25-42)27-14-9-8-10-15-27)33(38(32)20-19-37(31,4)46-38)36(45)40(23-7-3)29-18-17-26-13-11-12-16-28(26)24-29/h5,7-18,24,30-33,42H,1,3,6,19-23,25H2,2,4H3/t30-,31+,32+,33?,37-,38?/m1/s1. The molecule has 3 aromatic rings. The molecule has 3 fully saturated rings. The molecule has 3 saturated heterocycles. The Bertz CT molecular complexity index is 1660. The molecular weight excluding hydrogens is 578 g/mol. The summed E-state index contributed by atoms with van der Waals surface area (Å²) in [5.41, 5.74) is -0.782. The van der Waals surface area contributed by atoms with Gasteiger partial charge in [-0.2, -0.15) is 0 Å². The summed E-state index contributed by atoms with van der Waals surface area (Å²) in [6, 6.07) is 21.2. The van der Waals surface area contributed by atoms with Crippen LogP contribution in [0.25, 0.3) is 10.8 Å². The van der Waals surface area contributed by atoms with Crippen molar-refractivity contribution in [2.24, 2.45) is 11.8 Å². The van der Waals surface area contributed by atoms with Crippen molar-refractivity contribution in [1.82, 2.24) is 9.80 Å². The van der Waals surface area contributed by atoms with Gasteiger partial charge in [-0.1, -0.05) is 79.7 Å². The highest BCUT2D eigenvalue weighted by Gasteiger charge is 2.79. The monoisotopic (exact) mass is 621 g/mol. The van der Waals surface area contributed by atoms with Crippen molar-refractivity contribution < 1.29 is 24.2 Å². The van der Waals surface area contributed by atoms with Crippen molar-refractivity contribution in [1.29, 1.82) is 0 Å². The predicted molar refractivity (Wildman–Crippen MR) is 179 cm³/mol. The molecule has 0 radical (unpaired) electrons. The predicted octanol–water partition coefficient (Wildman–Crippen LogP) is 5.28. The van der Waals surface area contributed by atoms with E-state index in [1.807, 2.05) is 86.6 Å². The van der Waals surface area contributed by atoms with Crippen molar-refractivity contribution in [2.75, 3.05) is 31.1 Å². The summed E-state index contributed by atoms with van der Waals surface area (Å²) >= 11 is 0. The number of fused-ring (bicyclic) bond motifs is 2. The molecule has 46 heavy (non-hydrogen) atoms. The van der Waals surface area contributed by atoms with Gasteiger partial charge in [-0.25, -0.2) is 0 Å². The van der Waals surface area contributed by atoms with Gasteiger partial charge in [-0.15, -0.1) is 13.2 Å². The molecule has 0 aromatic heterocycles. The van der Waals surface area contributed by atoms with Gasteiger partial charge in [0.15, 0.2) is 0 Å². The maximum atomic E-state index is 15.1. The third-order valence-corrected chi connectivity index (χ3v) is 10.2. The van der Waals surface area contributed by atoms with Crippen LogP contribution in [0.3, 0.4) is 0 Å². The van der Waals surface area contributed by atoms with E-state index in [1.54, 1.807) is 22.0 Å². The number of hydrogen-bond acceptors (Lipinski definition) is 5. The molecule has 1 N–H and O–H groups in total. The number of likely N-dealkylation sites (tertiary alicyclic amines) is 1. The van der Waals surface area contributed by atoms with Gasteiger partial charge in [-0.05, 0) is 54.7 Å². The van der Waals surface area contributed by atoms with Gasteiger partial charge in [-0.3, -0.25) is 14.4 Å². The lowest BCUT2D eigenvalue weighted by Crippen LogP contribution is -2.57. The van der Waals surface area contributed by atoms with Gasteiger partial charge >= 0.3 is 0 Å². The summed E-state index contributed by atoms with van der Waals surface area (Å²) in [4.78, 5) is 49.3. The Labute approximate surface area is 270 Å². The van der Waals surface area contributed by atoms with Crippen molar-refractivity contribution in [3.05, 3.63) is 104 Å². The van der Waals surface area contributed by atoms with E-state index in [0.717, 1.165) is 17.2 Å². The first-order valence-electron chi connectivity index (χ1n) is 16.2. The highest BCUT2D eigenvalue weighted by molar-refractivity contribution is 6.06.